The Bertz CT molecular complexity index is 285. The fraction of sp³-hybridized carbons (Fsp3) is 0.833. The van der Waals surface area contributed by atoms with Gasteiger partial charge in [0.2, 0.25) is 0 Å². The van der Waals surface area contributed by atoms with Crippen molar-refractivity contribution < 1.29 is 24.2 Å². The molecule has 0 aliphatic rings. The average Bonchev–Trinajstić information content (AvgIpc) is 2.39. The molecule has 0 aliphatic heterocycles. The van der Waals surface area contributed by atoms with Gasteiger partial charge in [-0.25, -0.2) is 4.79 Å². The van der Waals surface area contributed by atoms with E-state index >= 15 is 0 Å². The zero-order valence-corrected chi connectivity index (χ0v) is 11.8. The molecule has 112 valence electrons. The molecule has 3 N–H and O–H groups in total. The van der Waals surface area contributed by atoms with Crippen molar-refractivity contribution in [2.45, 2.75) is 20.3 Å². The molecule has 0 aromatic heterocycles. The second kappa shape index (κ2) is 9.57. The van der Waals surface area contributed by atoms with Gasteiger partial charge in [0.05, 0.1) is 25.2 Å². The highest BCUT2D eigenvalue weighted by Crippen LogP contribution is 2.19. The Morgan fingerprint density at radius 3 is 2.42 bits per heavy atom. The summed E-state index contributed by atoms with van der Waals surface area (Å²) >= 11 is 0. The molecule has 0 aromatic carbocycles. The summed E-state index contributed by atoms with van der Waals surface area (Å²) in [7, 11) is 1.59. The molecule has 1 atom stereocenters. The lowest BCUT2D eigenvalue weighted by molar-refractivity contribution is -0.147. The lowest BCUT2D eigenvalue weighted by atomic mass is 9.88. The smallest absolute Gasteiger partial charge is 0.314 e. The molecule has 0 bridgehead atoms. The first-order valence-electron chi connectivity index (χ1n) is 6.28. The fourth-order valence-corrected chi connectivity index (χ4v) is 1.17. The van der Waals surface area contributed by atoms with E-state index < -0.39 is 17.4 Å². The summed E-state index contributed by atoms with van der Waals surface area (Å²) in [6.07, 6.45) is 0.447. The largest absolute Gasteiger partial charge is 0.481 e. The van der Waals surface area contributed by atoms with Crippen molar-refractivity contribution in [2.24, 2.45) is 5.41 Å². The summed E-state index contributed by atoms with van der Waals surface area (Å²) in [4.78, 5) is 22.4. The number of methoxy groups -OCH3 is 1. The third-order valence-electron chi connectivity index (χ3n) is 2.90. The van der Waals surface area contributed by atoms with E-state index in [0.717, 1.165) is 0 Å². The number of carboxylic acids is 1. The third-order valence-corrected chi connectivity index (χ3v) is 2.90. The van der Waals surface area contributed by atoms with Crippen LogP contribution in [0.1, 0.15) is 20.3 Å². The van der Waals surface area contributed by atoms with Gasteiger partial charge in [0, 0.05) is 20.2 Å². The van der Waals surface area contributed by atoms with Gasteiger partial charge in [-0.3, -0.25) is 4.79 Å². The summed E-state index contributed by atoms with van der Waals surface area (Å²) in [6.45, 7) is 5.22. The van der Waals surface area contributed by atoms with Crippen LogP contribution < -0.4 is 10.6 Å². The zero-order chi connectivity index (χ0) is 14.7. The third kappa shape index (κ3) is 7.63. The molecule has 0 rings (SSSR count). The van der Waals surface area contributed by atoms with Gasteiger partial charge in [0.15, 0.2) is 0 Å². The number of nitrogens with one attached hydrogen (secondary N) is 2. The van der Waals surface area contributed by atoms with Gasteiger partial charge in [-0.15, -0.1) is 0 Å². The van der Waals surface area contributed by atoms with Gasteiger partial charge < -0.3 is 25.2 Å². The van der Waals surface area contributed by atoms with Crippen LogP contribution in [0.2, 0.25) is 0 Å². The Morgan fingerprint density at radius 2 is 1.89 bits per heavy atom. The van der Waals surface area contributed by atoms with Crippen LogP contribution in [0.3, 0.4) is 0 Å². The van der Waals surface area contributed by atoms with E-state index in [0.29, 0.717) is 32.8 Å². The molecule has 0 heterocycles. The molecule has 0 saturated carbocycles. The molecule has 2 amide bonds. The molecule has 7 heteroatoms. The second-order valence-electron chi connectivity index (χ2n) is 4.43. The highest BCUT2D eigenvalue weighted by atomic mass is 16.5. The second-order valence-corrected chi connectivity index (χ2v) is 4.43. The van der Waals surface area contributed by atoms with Crippen LogP contribution in [0.4, 0.5) is 4.79 Å². The predicted octanol–water partition coefficient (Wildman–Crippen LogP) is 0.450. The molecule has 0 spiro atoms. The normalized spacial score (nSPS) is 13.6. The first-order chi connectivity index (χ1) is 8.96. The van der Waals surface area contributed by atoms with Crippen LogP contribution in [0.15, 0.2) is 0 Å². The van der Waals surface area contributed by atoms with E-state index in [4.69, 9.17) is 14.6 Å². The molecule has 0 saturated heterocycles. The molecule has 19 heavy (non-hydrogen) atoms. The van der Waals surface area contributed by atoms with Gasteiger partial charge in [-0.2, -0.15) is 0 Å². The van der Waals surface area contributed by atoms with E-state index in [-0.39, 0.29) is 6.54 Å². The van der Waals surface area contributed by atoms with Crippen molar-refractivity contribution in [3.8, 4) is 0 Å². The lowest BCUT2D eigenvalue weighted by Crippen LogP contribution is -2.45. The zero-order valence-electron chi connectivity index (χ0n) is 11.8. The maximum Gasteiger partial charge on any atom is 0.314 e. The maximum atomic E-state index is 11.4. The monoisotopic (exact) mass is 276 g/mol. The maximum absolute atomic E-state index is 11.4. The van der Waals surface area contributed by atoms with Crippen molar-refractivity contribution in [1.82, 2.24) is 10.6 Å². The SMILES string of the molecule is CCC(C)(CNC(=O)NCCOCCOC)C(=O)O. The van der Waals surface area contributed by atoms with Crippen molar-refractivity contribution in [3.63, 3.8) is 0 Å². The first-order valence-corrected chi connectivity index (χ1v) is 6.28. The minimum atomic E-state index is -0.938. The van der Waals surface area contributed by atoms with Gasteiger partial charge in [-0.05, 0) is 13.3 Å². The summed E-state index contributed by atoms with van der Waals surface area (Å²) in [5.41, 5.74) is -0.938. The molecule has 0 radical (unpaired) electrons. The summed E-state index contributed by atoms with van der Waals surface area (Å²) in [5, 5.41) is 14.2. The summed E-state index contributed by atoms with van der Waals surface area (Å²) in [5.74, 6) is -0.918. The van der Waals surface area contributed by atoms with Gasteiger partial charge in [-0.1, -0.05) is 6.92 Å². The minimum Gasteiger partial charge on any atom is -0.481 e. The van der Waals surface area contributed by atoms with E-state index in [9.17, 15) is 9.59 Å². The quantitative estimate of drug-likeness (QED) is 0.503. The number of aliphatic carboxylic acids is 1. The molecule has 1 unspecified atom stereocenters. The molecule has 7 nitrogen and oxygen atoms in total. The van der Waals surface area contributed by atoms with Crippen LogP contribution in [0.25, 0.3) is 0 Å². The van der Waals surface area contributed by atoms with Gasteiger partial charge in [0.25, 0.3) is 0 Å². The molecule has 0 aliphatic carbocycles. The van der Waals surface area contributed by atoms with E-state index in [2.05, 4.69) is 10.6 Å². The number of hydrogen-bond acceptors (Lipinski definition) is 4. The first kappa shape index (κ1) is 17.7. The standard InChI is InChI=1S/C12H24N2O5/c1-4-12(2,10(15)16)9-14-11(17)13-5-6-19-8-7-18-3/h4-9H2,1-3H3,(H,15,16)(H2,13,14,17). The minimum absolute atomic E-state index is 0.0925. The number of carbonyl (C=O) groups excluding carboxylic acids is 1. The Balaban J connectivity index is 3.72. The topological polar surface area (TPSA) is 96.9 Å². The van der Waals surface area contributed by atoms with Crippen molar-refractivity contribution in [1.29, 1.82) is 0 Å². The number of rotatable bonds is 10. The fourth-order valence-electron chi connectivity index (χ4n) is 1.17. The number of ether oxygens (including phenoxy) is 2. The highest BCUT2D eigenvalue weighted by Gasteiger charge is 2.31. The van der Waals surface area contributed by atoms with Crippen molar-refractivity contribution >= 4 is 12.0 Å². The Kier molecular flexibility index (Phi) is 8.90. The van der Waals surface area contributed by atoms with Crippen LogP contribution in [-0.4, -0.2) is 57.1 Å². The van der Waals surface area contributed by atoms with E-state index in [1.807, 2.05) is 0 Å². The van der Waals surface area contributed by atoms with Gasteiger partial charge >= 0.3 is 12.0 Å². The predicted molar refractivity (Wildman–Crippen MR) is 70.1 cm³/mol. The van der Waals surface area contributed by atoms with Crippen LogP contribution in [0, 0.1) is 5.41 Å². The number of amides is 2. The number of hydrogen-bond donors (Lipinski definition) is 3. The van der Waals surface area contributed by atoms with Crippen LogP contribution >= 0.6 is 0 Å². The summed E-state index contributed by atoms with van der Waals surface area (Å²) in [6, 6.07) is -0.392. The molecule has 0 aromatic rings. The lowest BCUT2D eigenvalue weighted by Gasteiger charge is -2.23. The number of urea groups is 1. The van der Waals surface area contributed by atoms with E-state index in [1.54, 1.807) is 21.0 Å². The number of carboxylic acid groups (broad SMARTS) is 1. The molecular formula is C12H24N2O5. The van der Waals surface area contributed by atoms with Crippen LogP contribution in [0.5, 0.6) is 0 Å². The highest BCUT2D eigenvalue weighted by molar-refractivity contribution is 5.77. The van der Waals surface area contributed by atoms with Crippen molar-refractivity contribution in [2.75, 3.05) is 40.0 Å². The van der Waals surface area contributed by atoms with E-state index in [1.165, 1.54) is 0 Å². The van der Waals surface area contributed by atoms with Gasteiger partial charge in [0.1, 0.15) is 0 Å². The molecule has 0 fully saturated rings. The Hall–Kier alpha value is -1.34. The van der Waals surface area contributed by atoms with Crippen LogP contribution in [-0.2, 0) is 14.3 Å². The molecular weight excluding hydrogens is 252 g/mol. The Morgan fingerprint density at radius 1 is 1.21 bits per heavy atom. The Labute approximate surface area is 113 Å². The van der Waals surface area contributed by atoms with Crippen molar-refractivity contribution in [3.05, 3.63) is 0 Å². The number of carbonyl (C=O) groups is 2. The average molecular weight is 276 g/mol. The summed E-state index contributed by atoms with van der Waals surface area (Å²) < 4.78 is 9.97.